The molecule has 2 rings (SSSR count). The number of hydrogen-bond donors (Lipinski definition) is 3. The van der Waals surface area contributed by atoms with E-state index >= 15 is 0 Å². The van der Waals surface area contributed by atoms with Gasteiger partial charge in [0.25, 0.3) is 5.91 Å². The van der Waals surface area contributed by atoms with Gasteiger partial charge in [-0.1, -0.05) is 17.7 Å². The molecule has 27 heavy (non-hydrogen) atoms. The number of nitrogens with two attached hydrogens (primary N) is 1. The number of rotatable bonds is 6. The normalized spacial score (nSPS) is 12.3. The first kappa shape index (κ1) is 20.7. The Morgan fingerprint density at radius 3 is 2.41 bits per heavy atom. The van der Waals surface area contributed by atoms with Gasteiger partial charge in [0, 0.05) is 10.7 Å². The number of carbonyl (C=O) groups is 2. The van der Waals surface area contributed by atoms with E-state index in [2.05, 4.69) is 5.32 Å². The molecule has 0 aliphatic rings. The Morgan fingerprint density at radius 1 is 1.22 bits per heavy atom. The largest absolute Gasteiger partial charge is 0.508 e. The number of phenolic OH excluding ortho intramolecular Hbond substituents is 1. The van der Waals surface area contributed by atoms with Gasteiger partial charge in [0.2, 0.25) is 10.0 Å². The Kier molecular flexibility index (Phi) is 6.42. The molecule has 0 saturated carbocycles. The van der Waals surface area contributed by atoms with Crippen LogP contribution in [0.15, 0.2) is 47.4 Å². The van der Waals surface area contributed by atoms with Gasteiger partial charge in [-0.2, -0.15) is 0 Å². The summed E-state index contributed by atoms with van der Waals surface area (Å²) in [5.74, 6) is -1.29. The zero-order chi connectivity index (χ0) is 20.2. The average Bonchev–Trinajstić information content (AvgIpc) is 2.57. The third kappa shape index (κ3) is 5.95. The molecule has 2 aromatic rings. The van der Waals surface area contributed by atoms with Gasteiger partial charge in [0.1, 0.15) is 5.75 Å². The van der Waals surface area contributed by atoms with Gasteiger partial charge in [-0.25, -0.2) is 13.6 Å². The number of halogens is 1. The van der Waals surface area contributed by atoms with Crippen molar-refractivity contribution in [3.05, 3.63) is 53.1 Å². The van der Waals surface area contributed by atoms with Crippen molar-refractivity contribution in [2.45, 2.75) is 24.3 Å². The molecule has 8 nitrogen and oxygen atoms in total. The minimum Gasteiger partial charge on any atom is -0.508 e. The molecule has 0 aliphatic heterocycles. The van der Waals surface area contributed by atoms with Crippen molar-refractivity contribution in [2.24, 2.45) is 5.14 Å². The number of sulfonamides is 1. The van der Waals surface area contributed by atoms with Gasteiger partial charge in [0.05, 0.1) is 11.3 Å². The number of nitrogens with one attached hydrogen (secondary N) is 1. The second kappa shape index (κ2) is 8.38. The lowest BCUT2D eigenvalue weighted by Gasteiger charge is -2.14. The Morgan fingerprint density at radius 2 is 1.85 bits per heavy atom. The number of anilines is 1. The molecule has 0 aromatic heterocycles. The predicted octanol–water partition coefficient (Wildman–Crippen LogP) is 1.81. The minimum absolute atomic E-state index is 0.0293. The molecule has 10 heteroatoms. The number of amides is 1. The fraction of sp³-hybridized carbons (Fsp3) is 0.176. The van der Waals surface area contributed by atoms with Crippen molar-refractivity contribution in [1.29, 1.82) is 0 Å². The first-order valence-corrected chi connectivity index (χ1v) is 9.59. The van der Waals surface area contributed by atoms with Crippen LogP contribution in [-0.4, -0.2) is 31.5 Å². The molecule has 144 valence electrons. The Balaban J connectivity index is 1.93. The van der Waals surface area contributed by atoms with E-state index in [0.29, 0.717) is 11.3 Å². The van der Waals surface area contributed by atoms with Crippen LogP contribution in [0.1, 0.15) is 12.5 Å². The summed E-state index contributed by atoms with van der Waals surface area (Å²) in [5.41, 5.74) is 0.766. The van der Waals surface area contributed by atoms with Crippen molar-refractivity contribution < 1.29 is 27.9 Å². The van der Waals surface area contributed by atoms with Crippen molar-refractivity contribution in [3.8, 4) is 5.75 Å². The monoisotopic (exact) mass is 412 g/mol. The third-order valence-electron chi connectivity index (χ3n) is 3.50. The summed E-state index contributed by atoms with van der Waals surface area (Å²) in [7, 11) is -3.82. The van der Waals surface area contributed by atoms with Crippen LogP contribution < -0.4 is 10.5 Å². The van der Waals surface area contributed by atoms with Crippen LogP contribution in [0.25, 0.3) is 0 Å². The molecule has 0 spiro atoms. The number of benzene rings is 2. The van der Waals surface area contributed by atoms with Crippen molar-refractivity contribution in [1.82, 2.24) is 0 Å². The molecule has 1 amide bonds. The lowest BCUT2D eigenvalue weighted by atomic mass is 10.1. The second-order valence-electron chi connectivity index (χ2n) is 5.64. The number of carbonyl (C=O) groups excluding carboxylic acids is 2. The zero-order valence-corrected chi connectivity index (χ0v) is 15.8. The Bertz CT molecular complexity index is 960. The molecule has 2 aromatic carbocycles. The first-order chi connectivity index (χ1) is 12.6. The SMILES string of the molecule is C[C@H](OC(=O)Cc1ccc(O)cc1Cl)C(=O)Nc1ccc(S(N)(=O)=O)cc1. The average molecular weight is 413 g/mol. The number of primary sulfonamides is 1. The maximum atomic E-state index is 12.1. The maximum absolute atomic E-state index is 12.1. The standard InChI is InChI=1S/C17H17ClN2O6S/c1-10(26-16(22)8-11-2-5-13(21)9-15(11)18)17(23)20-12-3-6-14(7-4-12)27(19,24)25/h2-7,9-10,21H,8H2,1H3,(H,20,23)(H2,19,24,25)/t10-/m0/s1. The van der Waals surface area contributed by atoms with Crippen LogP contribution in [0.3, 0.4) is 0 Å². The topological polar surface area (TPSA) is 136 Å². The van der Waals surface area contributed by atoms with Gasteiger partial charge in [0.15, 0.2) is 6.10 Å². The Hall–Kier alpha value is -2.62. The van der Waals surface area contributed by atoms with E-state index in [4.69, 9.17) is 21.5 Å². The molecule has 1 atom stereocenters. The van der Waals surface area contributed by atoms with Crippen LogP contribution in [0, 0.1) is 0 Å². The highest BCUT2D eigenvalue weighted by atomic mass is 35.5. The molecule has 0 unspecified atom stereocenters. The highest BCUT2D eigenvalue weighted by Crippen LogP contribution is 2.22. The van der Waals surface area contributed by atoms with E-state index < -0.39 is 28.0 Å². The molecule has 0 saturated heterocycles. The predicted molar refractivity (Wildman–Crippen MR) is 98.8 cm³/mol. The number of ether oxygens (including phenoxy) is 1. The van der Waals surface area contributed by atoms with Gasteiger partial charge in [-0.05, 0) is 48.9 Å². The quantitative estimate of drug-likeness (QED) is 0.619. The van der Waals surface area contributed by atoms with E-state index in [1.165, 1.54) is 49.4 Å². The van der Waals surface area contributed by atoms with Crippen LogP contribution in [0.4, 0.5) is 5.69 Å². The van der Waals surface area contributed by atoms with E-state index in [1.54, 1.807) is 0 Å². The lowest BCUT2D eigenvalue weighted by molar-refractivity contribution is -0.152. The van der Waals surface area contributed by atoms with E-state index in [0.717, 1.165) is 0 Å². The number of esters is 1. The summed E-state index contributed by atoms with van der Waals surface area (Å²) in [4.78, 5) is 24.0. The second-order valence-corrected chi connectivity index (χ2v) is 7.61. The molecular weight excluding hydrogens is 396 g/mol. The van der Waals surface area contributed by atoms with Crippen LogP contribution in [0.5, 0.6) is 5.75 Å². The highest BCUT2D eigenvalue weighted by molar-refractivity contribution is 7.89. The van der Waals surface area contributed by atoms with Gasteiger partial charge in [-0.3, -0.25) is 9.59 Å². The van der Waals surface area contributed by atoms with Gasteiger partial charge < -0.3 is 15.2 Å². The van der Waals surface area contributed by atoms with Crippen LogP contribution in [0.2, 0.25) is 5.02 Å². The lowest BCUT2D eigenvalue weighted by Crippen LogP contribution is -2.30. The molecule has 0 radical (unpaired) electrons. The van der Waals surface area contributed by atoms with Gasteiger partial charge >= 0.3 is 5.97 Å². The van der Waals surface area contributed by atoms with Gasteiger partial charge in [-0.15, -0.1) is 0 Å². The molecular formula is C17H17ClN2O6S. The maximum Gasteiger partial charge on any atom is 0.311 e. The fourth-order valence-corrected chi connectivity index (χ4v) is 2.86. The van der Waals surface area contributed by atoms with Crippen LogP contribution >= 0.6 is 11.6 Å². The molecule has 0 heterocycles. The number of hydrogen-bond acceptors (Lipinski definition) is 6. The van der Waals surface area contributed by atoms with Crippen molar-refractivity contribution in [3.63, 3.8) is 0 Å². The minimum atomic E-state index is -3.82. The summed E-state index contributed by atoms with van der Waals surface area (Å²) < 4.78 is 27.5. The molecule has 4 N–H and O–H groups in total. The zero-order valence-electron chi connectivity index (χ0n) is 14.2. The number of phenols is 1. The molecule has 0 aliphatic carbocycles. The van der Waals surface area contributed by atoms with Crippen LogP contribution in [-0.2, 0) is 30.8 Å². The fourth-order valence-electron chi connectivity index (χ4n) is 2.10. The molecule has 0 fully saturated rings. The molecule has 0 bridgehead atoms. The van der Waals surface area contributed by atoms with E-state index in [9.17, 15) is 23.1 Å². The number of aromatic hydroxyl groups is 1. The highest BCUT2D eigenvalue weighted by Gasteiger charge is 2.19. The van der Waals surface area contributed by atoms with E-state index in [-0.39, 0.29) is 22.1 Å². The summed E-state index contributed by atoms with van der Waals surface area (Å²) in [5, 5.41) is 17.0. The summed E-state index contributed by atoms with van der Waals surface area (Å²) in [6.45, 7) is 1.39. The smallest absolute Gasteiger partial charge is 0.311 e. The summed E-state index contributed by atoms with van der Waals surface area (Å²) in [6.07, 6.45) is -1.26. The third-order valence-corrected chi connectivity index (χ3v) is 4.78. The Labute approximate surface area is 160 Å². The van der Waals surface area contributed by atoms with Crippen molar-refractivity contribution >= 4 is 39.2 Å². The summed E-state index contributed by atoms with van der Waals surface area (Å²) >= 11 is 5.93. The van der Waals surface area contributed by atoms with Crippen molar-refractivity contribution in [2.75, 3.05) is 5.32 Å². The van der Waals surface area contributed by atoms with E-state index in [1.807, 2.05) is 0 Å². The first-order valence-electron chi connectivity index (χ1n) is 7.67. The summed E-state index contributed by atoms with van der Waals surface area (Å²) in [6, 6.07) is 9.38.